The van der Waals surface area contributed by atoms with Gasteiger partial charge < -0.3 is 15.4 Å². The standard InChI is InChI=1S/C21H36N4O.HI/c1-16(2)10-11-23-21(22-5)24-12-19-6-8-20(9-7-19)15-25-13-17(3)26-18(4)14-25;/h6-9,16-18H,10-15H2,1-5H3,(H2,22,23,24);1H. The van der Waals surface area contributed by atoms with Crippen molar-refractivity contribution in [2.45, 2.75) is 59.4 Å². The average Bonchev–Trinajstić information content (AvgIpc) is 2.58. The van der Waals surface area contributed by atoms with Gasteiger partial charge in [0.1, 0.15) is 0 Å². The highest BCUT2D eigenvalue weighted by molar-refractivity contribution is 14.0. The molecular weight excluding hydrogens is 451 g/mol. The number of aliphatic imine (C=N–C) groups is 1. The first-order valence-electron chi connectivity index (χ1n) is 9.86. The molecule has 27 heavy (non-hydrogen) atoms. The van der Waals surface area contributed by atoms with Gasteiger partial charge in [0.05, 0.1) is 12.2 Å². The normalized spacial score (nSPS) is 21.0. The summed E-state index contributed by atoms with van der Waals surface area (Å²) in [5.41, 5.74) is 2.62. The average molecular weight is 488 g/mol. The highest BCUT2D eigenvalue weighted by Gasteiger charge is 2.21. The number of nitrogens with one attached hydrogen (secondary N) is 2. The van der Waals surface area contributed by atoms with Crippen LogP contribution in [-0.4, -0.2) is 49.7 Å². The number of halogens is 1. The second-order valence-corrected chi connectivity index (χ2v) is 7.80. The van der Waals surface area contributed by atoms with Crippen molar-refractivity contribution in [1.82, 2.24) is 15.5 Å². The molecule has 0 bridgehead atoms. The molecule has 0 aromatic heterocycles. The minimum absolute atomic E-state index is 0. The van der Waals surface area contributed by atoms with Crippen LogP contribution in [-0.2, 0) is 17.8 Å². The lowest BCUT2D eigenvalue weighted by Gasteiger charge is -2.35. The van der Waals surface area contributed by atoms with E-state index in [2.05, 4.69) is 72.5 Å². The van der Waals surface area contributed by atoms with E-state index in [0.717, 1.165) is 45.1 Å². The van der Waals surface area contributed by atoms with Crippen LogP contribution in [0.3, 0.4) is 0 Å². The van der Waals surface area contributed by atoms with Crippen molar-refractivity contribution in [3.05, 3.63) is 35.4 Å². The number of nitrogens with zero attached hydrogens (tertiary/aromatic N) is 2. The van der Waals surface area contributed by atoms with Crippen LogP contribution in [0.4, 0.5) is 0 Å². The number of rotatable bonds is 7. The zero-order chi connectivity index (χ0) is 18.9. The molecule has 0 amide bonds. The number of ether oxygens (including phenoxy) is 1. The molecule has 154 valence electrons. The lowest BCUT2D eigenvalue weighted by molar-refractivity contribution is -0.0704. The van der Waals surface area contributed by atoms with Gasteiger partial charge >= 0.3 is 0 Å². The summed E-state index contributed by atoms with van der Waals surface area (Å²) in [6.07, 6.45) is 1.78. The second-order valence-electron chi connectivity index (χ2n) is 7.80. The molecule has 0 saturated carbocycles. The number of benzene rings is 1. The van der Waals surface area contributed by atoms with E-state index in [1.54, 1.807) is 0 Å². The van der Waals surface area contributed by atoms with E-state index >= 15 is 0 Å². The van der Waals surface area contributed by atoms with Gasteiger partial charge in [0.2, 0.25) is 0 Å². The molecule has 2 unspecified atom stereocenters. The summed E-state index contributed by atoms with van der Waals surface area (Å²) in [5.74, 6) is 1.57. The maximum absolute atomic E-state index is 5.81. The Morgan fingerprint density at radius 2 is 1.70 bits per heavy atom. The lowest BCUT2D eigenvalue weighted by atomic mass is 10.1. The molecule has 1 heterocycles. The van der Waals surface area contributed by atoms with Gasteiger partial charge in [-0.2, -0.15) is 0 Å². The Labute approximate surface area is 182 Å². The predicted molar refractivity (Wildman–Crippen MR) is 125 cm³/mol. The molecule has 0 spiro atoms. The molecular formula is C21H37IN4O. The van der Waals surface area contributed by atoms with E-state index in [0.29, 0.717) is 18.1 Å². The minimum atomic E-state index is 0. The largest absolute Gasteiger partial charge is 0.373 e. The second kappa shape index (κ2) is 12.6. The fourth-order valence-corrected chi connectivity index (χ4v) is 3.32. The van der Waals surface area contributed by atoms with Gasteiger partial charge in [0, 0.05) is 39.8 Å². The summed E-state index contributed by atoms with van der Waals surface area (Å²) in [6.45, 7) is 13.5. The zero-order valence-corrected chi connectivity index (χ0v) is 19.8. The Bertz CT molecular complexity index is 552. The third-order valence-electron chi connectivity index (χ3n) is 4.62. The zero-order valence-electron chi connectivity index (χ0n) is 17.5. The van der Waals surface area contributed by atoms with Gasteiger partial charge in [0.15, 0.2) is 5.96 Å². The van der Waals surface area contributed by atoms with E-state index in [4.69, 9.17) is 4.74 Å². The fourth-order valence-electron chi connectivity index (χ4n) is 3.32. The van der Waals surface area contributed by atoms with E-state index in [1.165, 1.54) is 11.1 Å². The van der Waals surface area contributed by atoms with Crippen molar-refractivity contribution < 1.29 is 4.74 Å². The van der Waals surface area contributed by atoms with Crippen molar-refractivity contribution in [3.8, 4) is 0 Å². The monoisotopic (exact) mass is 488 g/mol. The smallest absolute Gasteiger partial charge is 0.191 e. The Kier molecular flexibility index (Phi) is 11.3. The maximum atomic E-state index is 5.81. The molecule has 0 aliphatic carbocycles. The summed E-state index contributed by atoms with van der Waals surface area (Å²) in [6, 6.07) is 8.88. The van der Waals surface area contributed by atoms with Crippen molar-refractivity contribution in [2.75, 3.05) is 26.7 Å². The van der Waals surface area contributed by atoms with E-state index in [1.807, 2.05) is 7.05 Å². The SMILES string of the molecule is CN=C(NCCC(C)C)NCc1ccc(CN2CC(C)OC(C)C2)cc1.I. The predicted octanol–water partition coefficient (Wildman–Crippen LogP) is 3.62. The van der Waals surface area contributed by atoms with Crippen LogP contribution in [0.5, 0.6) is 0 Å². The van der Waals surface area contributed by atoms with Crippen LogP contribution < -0.4 is 10.6 Å². The van der Waals surface area contributed by atoms with Gasteiger partial charge in [-0.3, -0.25) is 9.89 Å². The molecule has 1 aromatic carbocycles. The van der Waals surface area contributed by atoms with Crippen molar-refractivity contribution in [3.63, 3.8) is 0 Å². The van der Waals surface area contributed by atoms with Crippen LogP contribution in [0.25, 0.3) is 0 Å². The summed E-state index contributed by atoms with van der Waals surface area (Å²) in [4.78, 5) is 6.76. The van der Waals surface area contributed by atoms with Gasteiger partial charge in [-0.25, -0.2) is 0 Å². The first-order valence-corrected chi connectivity index (χ1v) is 9.86. The molecule has 2 atom stereocenters. The molecule has 1 fully saturated rings. The molecule has 1 aromatic rings. The number of hydrogen-bond donors (Lipinski definition) is 2. The topological polar surface area (TPSA) is 48.9 Å². The van der Waals surface area contributed by atoms with Crippen molar-refractivity contribution in [2.24, 2.45) is 10.9 Å². The van der Waals surface area contributed by atoms with Crippen LogP contribution in [0.2, 0.25) is 0 Å². The van der Waals surface area contributed by atoms with Crippen molar-refractivity contribution in [1.29, 1.82) is 0 Å². The molecule has 2 N–H and O–H groups in total. The highest BCUT2D eigenvalue weighted by atomic mass is 127. The molecule has 6 heteroatoms. The molecule has 0 radical (unpaired) electrons. The Balaban J connectivity index is 0.00000364. The molecule has 1 aliphatic rings. The summed E-state index contributed by atoms with van der Waals surface area (Å²) in [5, 5.41) is 6.75. The lowest BCUT2D eigenvalue weighted by Crippen LogP contribution is -2.44. The van der Waals surface area contributed by atoms with Gasteiger partial charge in [0.25, 0.3) is 0 Å². The van der Waals surface area contributed by atoms with E-state index in [-0.39, 0.29) is 24.0 Å². The van der Waals surface area contributed by atoms with Gasteiger partial charge in [-0.1, -0.05) is 38.1 Å². The number of guanidine groups is 1. The van der Waals surface area contributed by atoms with Gasteiger partial charge in [-0.05, 0) is 37.3 Å². The Morgan fingerprint density at radius 3 is 2.26 bits per heavy atom. The van der Waals surface area contributed by atoms with Crippen molar-refractivity contribution >= 4 is 29.9 Å². The molecule has 2 rings (SSSR count). The molecule has 1 saturated heterocycles. The Hall–Kier alpha value is -0.860. The summed E-state index contributed by atoms with van der Waals surface area (Å²) < 4.78 is 5.81. The third-order valence-corrected chi connectivity index (χ3v) is 4.62. The number of hydrogen-bond acceptors (Lipinski definition) is 3. The van der Waals surface area contributed by atoms with E-state index < -0.39 is 0 Å². The van der Waals surface area contributed by atoms with Crippen LogP contribution in [0.1, 0.15) is 45.2 Å². The summed E-state index contributed by atoms with van der Waals surface area (Å²) >= 11 is 0. The Morgan fingerprint density at radius 1 is 1.11 bits per heavy atom. The maximum Gasteiger partial charge on any atom is 0.191 e. The highest BCUT2D eigenvalue weighted by Crippen LogP contribution is 2.14. The van der Waals surface area contributed by atoms with Crippen LogP contribution >= 0.6 is 24.0 Å². The fraction of sp³-hybridized carbons (Fsp3) is 0.667. The number of morpholine rings is 1. The van der Waals surface area contributed by atoms with Crippen LogP contribution in [0, 0.1) is 5.92 Å². The summed E-state index contributed by atoms with van der Waals surface area (Å²) in [7, 11) is 1.82. The van der Waals surface area contributed by atoms with Crippen LogP contribution in [0.15, 0.2) is 29.3 Å². The first-order chi connectivity index (χ1) is 12.5. The molecule has 1 aliphatic heterocycles. The quantitative estimate of drug-likeness (QED) is 0.350. The third kappa shape index (κ3) is 9.25. The van der Waals surface area contributed by atoms with E-state index in [9.17, 15) is 0 Å². The minimum Gasteiger partial charge on any atom is -0.373 e. The molecule has 5 nitrogen and oxygen atoms in total. The van der Waals surface area contributed by atoms with Gasteiger partial charge in [-0.15, -0.1) is 24.0 Å². The first kappa shape index (κ1) is 24.2.